The maximum atomic E-state index is 5.85. The largest absolute Gasteiger partial charge is 0.492 e. The smallest absolute Gasteiger partial charge is 0.147 e. The summed E-state index contributed by atoms with van der Waals surface area (Å²) < 4.78 is 7.42. The first-order chi connectivity index (χ1) is 9.60. The lowest BCUT2D eigenvalue weighted by atomic mass is 10.2. The van der Waals surface area contributed by atoms with Crippen LogP contribution in [0.1, 0.15) is 12.5 Å². The van der Waals surface area contributed by atoms with Gasteiger partial charge in [0.2, 0.25) is 0 Å². The van der Waals surface area contributed by atoms with Crippen molar-refractivity contribution in [3.8, 4) is 5.75 Å². The SMILES string of the molecule is CCOc1c(Br)cc(CNc2ccnc(Cl)c2)cc1Br. The summed E-state index contributed by atoms with van der Waals surface area (Å²) in [7, 11) is 0. The number of benzene rings is 1. The van der Waals surface area contributed by atoms with Gasteiger partial charge in [-0.1, -0.05) is 11.6 Å². The van der Waals surface area contributed by atoms with Gasteiger partial charge in [0, 0.05) is 18.4 Å². The van der Waals surface area contributed by atoms with Crippen molar-refractivity contribution in [1.29, 1.82) is 0 Å². The Kier molecular flexibility index (Phi) is 5.69. The van der Waals surface area contributed by atoms with Crippen LogP contribution in [-0.2, 0) is 6.54 Å². The minimum atomic E-state index is 0.476. The van der Waals surface area contributed by atoms with Gasteiger partial charge < -0.3 is 10.1 Å². The van der Waals surface area contributed by atoms with E-state index in [1.807, 2.05) is 25.1 Å². The maximum absolute atomic E-state index is 5.85. The van der Waals surface area contributed by atoms with E-state index in [0.29, 0.717) is 18.3 Å². The van der Waals surface area contributed by atoms with Gasteiger partial charge in [0.15, 0.2) is 0 Å². The highest BCUT2D eigenvalue weighted by atomic mass is 79.9. The van der Waals surface area contributed by atoms with E-state index in [2.05, 4.69) is 42.2 Å². The van der Waals surface area contributed by atoms with E-state index in [1.54, 1.807) is 12.3 Å². The first-order valence-corrected chi connectivity index (χ1v) is 8.02. The van der Waals surface area contributed by atoms with Crippen LogP contribution < -0.4 is 10.1 Å². The van der Waals surface area contributed by atoms with Gasteiger partial charge in [0.05, 0.1) is 15.6 Å². The number of anilines is 1. The molecular weight excluding hydrogens is 407 g/mol. The second kappa shape index (κ2) is 7.29. The number of ether oxygens (including phenoxy) is 1. The van der Waals surface area contributed by atoms with Crippen LogP contribution >= 0.6 is 43.5 Å². The summed E-state index contributed by atoms with van der Waals surface area (Å²) in [6.45, 7) is 3.27. The molecule has 2 rings (SSSR count). The Balaban J connectivity index is 2.10. The number of rotatable bonds is 5. The van der Waals surface area contributed by atoms with Crippen LogP contribution in [0.4, 0.5) is 5.69 Å². The highest BCUT2D eigenvalue weighted by Crippen LogP contribution is 2.35. The van der Waals surface area contributed by atoms with Crippen LogP contribution in [0.15, 0.2) is 39.4 Å². The highest BCUT2D eigenvalue weighted by Gasteiger charge is 2.08. The molecule has 0 saturated carbocycles. The molecule has 106 valence electrons. The number of aromatic nitrogens is 1. The van der Waals surface area contributed by atoms with Crippen LogP contribution in [-0.4, -0.2) is 11.6 Å². The minimum Gasteiger partial charge on any atom is -0.492 e. The van der Waals surface area contributed by atoms with Gasteiger partial charge in [-0.05, 0) is 68.6 Å². The predicted molar refractivity (Wildman–Crippen MR) is 89.6 cm³/mol. The van der Waals surface area contributed by atoms with E-state index in [1.165, 1.54) is 0 Å². The van der Waals surface area contributed by atoms with E-state index in [4.69, 9.17) is 16.3 Å². The van der Waals surface area contributed by atoms with E-state index in [9.17, 15) is 0 Å². The van der Waals surface area contributed by atoms with Crippen LogP contribution in [0.5, 0.6) is 5.75 Å². The maximum Gasteiger partial charge on any atom is 0.147 e. The molecule has 1 heterocycles. The molecule has 0 aliphatic carbocycles. The van der Waals surface area contributed by atoms with Crippen molar-refractivity contribution < 1.29 is 4.74 Å². The zero-order valence-corrected chi connectivity index (χ0v) is 14.7. The molecule has 0 atom stereocenters. The lowest BCUT2D eigenvalue weighted by molar-refractivity contribution is 0.336. The standard InChI is InChI=1S/C14H13Br2ClN2O/c1-2-20-14-11(15)5-9(6-12(14)16)8-19-10-3-4-18-13(17)7-10/h3-7H,2,8H2,1H3,(H,18,19). The molecule has 3 nitrogen and oxygen atoms in total. The molecule has 0 fully saturated rings. The zero-order chi connectivity index (χ0) is 14.5. The molecule has 6 heteroatoms. The van der Waals surface area contributed by atoms with Crippen LogP contribution in [0.2, 0.25) is 5.15 Å². The topological polar surface area (TPSA) is 34.1 Å². The molecule has 0 amide bonds. The number of nitrogens with one attached hydrogen (secondary N) is 1. The fourth-order valence-corrected chi connectivity index (χ4v) is 3.40. The van der Waals surface area contributed by atoms with Crippen molar-refractivity contribution in [2.75, 3.05) is 11.9 Å². The van der Waals surface area contributed by atoms with Crippen molar-refractivity contribution in [3.63, 3.8) is 0 Å². The molecule has 0 aliphatic rings. The van der Waals surface area contributed by atoms with Crippen molar-refractivity contribution in [3.05, 3.63) is 50.1 Å². The monoisotopic (exact) mass is 418 g/mol. The Morgan fingerprint density at radius 2 is 1.95 bits per heavy atom. The highest BCUT2D eigenvalue weighted by molar-refractivity contribution is 9.11. The first kappa shape index (κ1) is 15.6. The summed E-state index contributed by atoms with van der Waals surface area (Å²) in [5, 5.41) is 3.78. The molecule has 0 bridgehead atoms. The molecule has 0 saturated heterocycles. The number of hydrogen-bond donors (Lipinski definition) is 1. The Morgan fingerprint density at radius 3 is 2.55 bits per heavy atom. The van der Waals surface area contributed by atoms with Crippen molar-refractivity contribution in [1.82, 2.24) is 4.98 Å². The van der Waals surface area contributed by atoms with Gasteiger partial charge in [-0.3, -0.25) is 0 Å². The van der Waals surface area contributed by atoms with Crippen LogP contribution in [0.25, 0.3) is 0 Å². The van der Waals surface area contributed by atoms with E-state index in [-0.39, 0.29) is 0 Å². The van der Waals surface area contributed by atoms with Crippen LogP contribution in [0, 0.1) is 0 Å². The summed E-state index contributed by atoms with van der Waals surface area (Å²) >= 11 is 12.9. The van der Waals surface area contributed by atoms with Crippen molar-refractivity contribution in [2.45, 2.75) is 13.5 Å². The fourth-order valence-electron chi connectivity index (χ4n) is 1.71. The normalized spacial score (nSPS) is 10.4. The Labute approximate surface area is 140 Å². The molecule has 0 aliphatic heterocycles. The average molecular weight is 421 g/mol. The summed E-state index contributed by atoms with van der Waals surface area (Å²) in [6.07, 6.45) is 1.68. The van der Waals surface area contributed by atoms with Crippen molar-refractivity contribution >= 4 is 49.1 Å². The molecule has 1 N–H and O–H groups in total. The zero-order valence-electron chi connectivity index (χ0n) is 10.8. The van der Waals surface area contributed by atoms with E-state index < -0.39 is 0 Å². The quantitative estimate of drug-likeness (QED) is 0.669. The Bertz CT molecular complexity index is 584. The summed E-state index contributed by atoms with van der Waals surface area (Å²) in [5.74, 6) is 0.822. The van der Waals surface area contributed by atoms with Gasteiger partial charge in [-0.2, -0.15) is 0 Å². The molecule has 2 aromatic rings. The summed E-state index contributed by atoms with van der Waals surface area (Å²) in [5.41, 5.74) is 2.06. The lowest BCUT2D eigenvalue weighted by Crippen LogP contribution is -2.01. The second-order valence-electron chi connectivity index (χ2n) is 4.04. The molecule has 1 aromatic heterocycles. The average Bonchev–Trinajstić information content (AvgIpc) is 2.41. The third-order valence-electron chi connectivity index (χ3n) is 2.57. The minimum absolute atomic E-state index is 0.476. The first-order valence-electron chi connectivity index (χ1n) is 6.06. The van der Waals surface area contributed by atoms with Crippen molar-refractivity contribution in [2.24, 2.45) is 0 Å². The number of hydrogen-bond acceptors (Lipinski definition) is 3. The summed E-state index contributed by atoms with van der Waals surface area (Å²) in [6, 6.07) is 7.74. The van der Waals surface area contributed by atoms with Gasteiger partial charge in [-0.15, -0.1) is 0 Å². The molecular formula is C14H13Br2ClN2O. The number of nitrogens with zero attached hydrogens (tertiary/aromatic N) is 1. The Morgan fingerprint density at radius 1 is 1.25 bits per heavy atom. The van der Waals surface area contributed by atoms with Gasteiger partial charge in [0.25, 0.3) is 0 Å². The fraction of sp³-hybridized carbons (Fsp3) is 0.214. The molecule has 1 aromatic carbocycles. The number of halogens is 3. The Hall–Kier alpha value is -0.780. The summed E-state index contributed by atoms with van der Waals surface area (Å²) in [4.78, 5) is 3.95. The molecule has 0 unspecified atom stereocenters. The van der Waals surface area contributed by atoms with Gasteiger partial charge >= 0.3 is 0 Å². The predicted octanol–water partition coefficient (Wildman–Crippen LogP) is 5.27. The van der Waals surface area contributed by atoms with Crippen LogP contribution in [0.3, 0.4) is 0 Å². The van der Waals surface area contributed by atoms with E-state index >= 15 is 0 Å². The lowest BCUT2D eigenvalue weighted by Gasteiger charge is -2.12. The third-order valence-corrected chi connectivity index (χ3v) is 3.95. The third kappa shape index (κ3) is 4.11. The molecule has 0 spiro atoms. The van der Waals surface area contributed by atoms with E-state index in [0.717, 1.165) is 25.9 Å². The number of pyridine rings is 1. The second-order valence-corrected chi connectivity index (χ2v) is 6.14. The van der Waals surface area contributed by atoms with Gasteiger partial charge in [0.1, 0.15) is 10.9 Å². The molecule has 0 radical (unpaired) electrons. The van der Waals surface area contributed by atoms with Gasteiger partial charge in [-0.25, -0.2) is 4.98 Å². The molecule has 20 heavy (non-hydrogen) atoms.